The van der Waals surface area contributed by atoms with E-state index in [4.69, 9.17) is 9.84 Å². The fourth-order valence-electron chi connectivity index (χ4n) is 1.80. The average molecular weight is 192 g/mol. The topological polar surface area (TPSA) is 46.5 Å². The number of carbonyl (C=O) groups is 1. The third-order valence-electron chi connectivity index (χ3n) is 2.47. The zero-order valence-corrected chi connectivity index (χ0v) is 7.77. The van der Waals surface area contributed by atoms with Gasteiger partial charge in [-0.2, -0.15) is 0 Å². The van der Waals surface area contributed by atoms with Gasteiger partial charge < -0.3 is 9.84 Å². The zero-order valence-electron chi connectivity index (χ0n) is 7.77. The number of hydrogen-bond donors (Lipinski definition) is 1. The first-order valence-electron chi connectivity index (χ1n) is 4.73. The van der Waals surface area contributed by atoms with Crippen molar-refractivity contribution in [2.45, 2.75) is 18.9 Å². The zero-order chi connectivity index (χ0) is 9.97. The summed E-state index contributed by atoms with van der Waals surface area (Å²) in [6, 6.07) is 7.05. The van der Waals surface area contributed by atoms with Crippen LogP contribution in [-0.2, 0) is 4.74 Å². The molecule has 0 bridgehead atoms. The number of rotatable bonds is 2. The second-order valence-corrected chi connectivity index (χ2v) is 3.39. The summed E-state index contributed by atoms with van der Waals surface area (Å²) >= 11 is 0. The van der Waals surface area contributed by atoms with Crippen LogP contribution in [0.25, 0.3) is 0 Å². The van der Waals surface area contributed by atoms with Crippen LogP contribution in [0.4, 0.5) is 0 Å². The van der Waals surface area contributed by atoms with E-state index in [2.05, 4.69) is 0 Å². The van der Waals surface area contributed by atoms with Crippen LogP contribution in [-0.4, -0.2) is 17.7 Å². The third kappa shape index (κ3) is 1.63. The predicted octanol–water partition coefficient (Wildman–Crippen LogP) is 2.24. The lowest BCUT2D eigenvalue weighted by atomic mass is 10.0. The van der Waals surface area contributed by atoms with Gasteiger partial charge in [-0.25, -0.2) is 4.79 Å². The van der Waals surface area contributed by atoms with Gasteiger partial charge in [-0.05, 0) is 24.5 Å². The average Bonchev–Trinajstić information content (AvgIpc) is 2.70. The first-order valence-corrected chi connectivity index (χ1v) is 4.73. The van der Waals surface area contributed by atoms with Crippen LogP contribution in [0.5, 0.6) is 0 Å². The molecule has 0 aromatic heterocycles. The van der Waals surface area contributed by atoms with E-state index >= 15 is 0 Å². The van der Waals surface area contributed by atoms with Crippen molar-refractivity contribution in [3.8, 4) is 0 Å². The number of benzene rings is 1. The normalized spacial score (nSPS) is 21.0. The summed E-state index contributed by atoms with van der Waals surface area (Å²) in [6.07, 6.45) is 1.91. The minimum Gasteiger partial charge on any atom is -0.478 e. The maximum absolute atomic E-state index is 10.9. The molecule has 1 atom stereocenters. The number of aromatic carboxylic acids is 1. The molecule has 0 saturated carbocycles. The van der Waals surface area contributed by atoms with Gasteiger partial charge in [0.15, 0.2) is 0 Å². The molecule has 1 heterocycles. The van der Waals surface area contributed by atoms with Crippen molar-refractivity contribution in [1.82, 2.24) is 0 Å². The van der Waals surface area contributed by atoms with Gasteiger partial charge in [-0.3, -0.25) is 0 Å². The minimum atomic E-state index is -0.879. The second-order valence-electron chi connectivity index (χ2n) is 3.39. The highest BCUT2D eigenvalue weighted by molar-refractivity contribution is 5.89. The summed E-state index contributed by atoms with van der Waals surface area (Å²) < 4.78 is 5.47. The lowest BCUT2D eigenvalue weighted by molar-refractivity contribution is 0.0682. The van der Waals surface area contributed by atoms with E-state index in [-0.39, 0.29) is 6.10 Å². The molecule has 0 amide bonds. The maximum atomic E-state index is 10.9. The smallest absolute Gasteiger partial charge is 0.336 e. The van der Waals surface area contributed by atoms with Gasteiger partial charge in [0.1, 0.15) is 0 Å². The Morgan fingerprint density at radius 3 is 2.86 bits per heavy atom. The molecule has 14 heavy (non-hydrogen) atoms. The highest BCUT2D eigenvalue weighted by Gasteiger charge is 2.22. The van der Waals surface area contributed by atoms with Crippen LogP contribution in [0.1, 0.15) is 34.9 Å². The Morgan fingerprint density at radius 2 is 2.21 bits per heavy atom. The summed E-state index contributed by atoms with van der Waals surface area (Å²) in [5.41, 5.74) is 1.16. The molecule has 3 heteroatoms. The molecule has 1 aromatic rings. The molecule has 1 saturated heterocycles. The van der Waals surface area contributed by atoms with Gasteiger partial charge in [0.05, 0.1) is 11.7 Å². The standard InChI is InChI=1S/C11H12O3/c12-11(13)9-5-2-1-4-8(9)10-6-3-7-14-10/h1-2,4-5,10H,3,6-7H2,(H,12,13)/t10-/m1/s1. The van der Waals surface area contributed by atoms with Crippen molar-refractivity contribution in [2.24, 2.45) is 0 Å². The summed E-state index contributed by atoms with van der Waals surface area (Å²) in [7, 11) is 0. The van der Waals surface area contributed by atoms with Crippen molar-refractivity contribution in [3.63, 3.8) is 0 Å². The Morgan fingerprint density at radius 1 is 1.43 bits per heavy atom. The summed E-state index contributed by atoms with van der Waals surface area (Å²) in [4.78, 5) is 10.9. The van der Waals surface area contributed by atoms with E-state index in [9.17, 15) is 4.79 Å². The van der Waals surface area contributed by atoms with Crippen LogP contribution >= 0.6 is 0 Å². The van der Waals surface area contributed by atoms with Crippen molar-refractivity contribution < 1.29 is 14.6 Å². The van der Waals surface area contributed by atoms with E-state index in [1.54, 1.807) is 12.1 Å². The van der Waals surface area contributed by atoms with E-state index in [0.29, 0.717) is 5.56 Å². The molecule has 0 spiro atoms. The Hall–Kier alpha value is -1.35. The van der Waals surface area contributed by atoms with Crippen molar-refractivity contribution in [3.05, 3.63) is 35.4 Å². The first-order chi connectivity index (χ1) is 6.79. The largest absolute Gasteiger partial charge is 0.478 e. The van der Waals surface area contributed by atoms with Crippen LogP contribution in [0.3, 0.4) is 0 Å². The van der Waals surface area contributed by atoms with E-state index in [1.165, 1.54) is 0 Å². The molecular weight excluding hydrogens is 180 g/mol. The molecule has 0 radical (unpaired) electrons. The van der Waals surface area contributed by atoms with Gasteiger partial charge in [0.2, 0.25) is 0 Å². The molecule has 1 N–H and O–H groups in total. The molecule has 74 valence electrons. The van der Waals surface area contributed by atoms with E-state index in [1.807, 2.05) is 12.1 Å². The van der Waals surface area contributed by atoms with E-state index in [0.717, 1.165) is 25.0 Å². The highest BCUT2D eigenvalue weighted by Crippen LogP contribution is 2.30. The minimum absolute atomic E-state index is 0.0256. The second kappa shape index (κ2) is 3.80. The Kier molecular flexibility index (Phi) is 2.50. The van der Waals surface area contributed by atoms with Crippen molar-refractivity contribution in [1.29, 1.82) is 0 Å². The summed E-state index contributed by atoms with van der Waals surface area (Å²) in [6.45, 7) is 0.735. The summed E-state index contributed by atoms with van der Waals surface area (Å²) in [5, 5.41) is 8.97. The van der Waals surface area contributed by atoms with Gasteiger partial charge in [-0.15, -0.1) is 0 Å². The molecule has 0 aliphatic carbocycles. The number of carboxylic acid groups (broad SMARTS) is 1. The van der Waals surface area contributed by atoms with Crippen LogP contribution in [0.15, 0.2) is 24.3 Å². The molecule has 3 nitrogen and oxygen atoms in total. The fourth-order valence-corrected chi connectivity index (χ4v) is 1.80. The highest BCUT2D eigenvalue weighted by atomic mass is 16.5. The van der Waals surface area contributed by atoms with Crippen LogP contribution in [0, 0.1) is 0 Å². The lowest BCUT2D eigenvalue weighted by Gasteiger charge is -2.12. The van der Waals surface area contributed by atoms with E-state index < -0.39 is 5.97 Å². The molecule has 2 rings (SSSR count). The molecular formula is C11H12O3. The van der Waals surface area contributed by atoms with Gasteiger partial charge in [0, 0.05) is 6.61 Å². The SMILES string of the molecule is O=C(O)c1ccccc1[C@H]1CCCO1. The quantitative estimate of drug-likeness (QED) is 0.781. The monoisotopic (exact) mass is 192 g/mol. The molecule has 1 aliphatic rings. The van der Waals surface area contributed by atoms with Gasteiger partial charge in [0.25, 0.3) is 0 Å². The van der Waals surface area contributed by atoms with Crippen molar-refractivity contribution >= 4 is 5.97 Å². The Balaban J connectivity index is 2.35. The lowest BCUT2D eigenvalue weighted by Crippen LogP contribution is -2.06. The maximum Gasteiger partial charge on any atom is 0.336 e. The molecule has 0 unspecified atom stereocenters. The Labute approximate surface area is 82.3 Å². The number of hydrogen-bond acceptors (Lipinski definition) is 2. The molecule has 1 aromatic carbocycles. The summed E-state index contributed by atoms with van der Waals surface area (Å²) in [5.74, 6) is -0.879. The van der Waals surface area contributed by atoms with Crippen LogP contribution in [0.2, 0.25) is 0 Å². The number of carboxylic acids is 1. The Bertz CT molecular complexity index is 340. The fraction of sp³-hybridized carbons (Fsp3) is 0.364. The van der Waals surface area contributed by atoms with Gasteiger partial charge in [-0.1, -0.05) is 18.2 Å². The van der Waals surface area contributed by atoms with Gasteiger partial charge >= 0.3 is 5.97 Å². The predicted molar refractivity (Wildman–Crippen MR) is 51.3 cm³/mol. The van der Waals surface area contributed by atoms with Crippen LogP contribution < -0.4 is 0 Å². The number of ether oxygens (including phenoxy) is 1. The van der Waals surface area contributed by atoms with Crippen molar-refractivity contribution in [2.75, 3.05) is 6.61 Å². The molecule has 1 fully saturated rings. The molecule has 1 aliphatic heterocycles. The third-order valence-corrected chi connectivity index (χ3v) is 2.47. The first kappa shape index (κ1) is 9.21.